The van der Waals surface area contributed by atoms with Crippen LogP contribution in [-0.2, 0) is 16.6 Å². The van der Waals surface area contributed by atoms with Crippen LogP contribution in [0.5, 0.6) is 0 Å². The Morgan fingerprint density at radius 3 is 2.23 bits per heavy atom. The normalized spacial score (nSPS) is 15.0. The van der Waals surface area contributed by atoms with E-state index < -0.39 is 10.0 Å². The summed E-state index contributed by atoms with van der Waals surface area (Å²) in [5.74, 6) is 0. The molecule has 1 saturated heterocycles. The zero-order chi connectivity index (χ0) is 24.1. The van der Waals surface area contributed by atoms with E-state index in [0.717, 1.165) is 68.8 Å². The van der Waals surface area contributed by atoms with E-state index in [4.69, 9.17) is 0 Å². The van der Waals surface area contributed by atoms with E-state index in [2.05, 4.69) is 45.4 Å². The molecule has 0 radical (unpaired) electrons. The van der Waals surface area contributed by atoms with Crippen LogP contribution in [0.1, 0.15) is 12.0 Å². The molecule has 5 rings (SSSR count). The van der Waals surface area contributed by atoms with Crippen molar-refractivity contribution < 1.29 is 8.42 Å². The van der Waals surface area contributed by atoms with Crippen molar-refractivity contribution in [2.45, 2.75) is 17.9 Å². The number of benzene rings is 3. The molecular formula is C28H32N4O2S. The number of nitrogens with zero attached hydrogens (tertiary/aromatic N) is 3. The van der Waals surface area contributed by atoms with Crippen LogP contribution in [0.4, 0.5) is 5.69 Å². The topological polar surface area (TPSA) is 57.6 Å². The molecule has 0 unspecified atom stereocenters. The smallest absolute Gasteiger partial charge is 0.268 e. The summed E-state index contributed by atoms with van der Waals surface area (Å²) >= 11 is 0. The minimum Gasteiger partial charge on any atom is -0.368 e. The van der Waals surface area contributed by atoms with Crippen molar-refractivity contribution in [2.24, 2.45) is 0 Å². The lowest BCUT2D eigenvalue weighted by atomic mass is 10.1. The van der Waals surface area contributed by atoms with Crippen molar-refractivity contribution in [3.05, 3.63) is 96.7 Å². The Labute approximate surface area is 207 Å². The molecule has 6 nitrogen and oxygen atoms in total. The molecule has 7 heteroatoms. The fourth-order valence-electron chi connectivity index (χ4n) is 4.79. The first kappa shape index (κ1) is 23.6. The molecular weight excluding hydrogens is 456 g/mol. The Hall–Kier alpha value is -3.13. The summed E-state index contributed by atoms with van der Waals surface area (Å²) in [6, 6.07) is 27.0. The molecule has 35 heavy (non-hydrogen) atoms. The van der Waals surface area contributed by atoms with Crippen LogP contribution in [-0.4, -0.2) is 56.6 Å². The lowest BCUT2D eigenvalue weighted by Crippen LogP contribution is -2.47. The van der Waals surface area contributed by atoms with Gasteiger partial charge >= 0.3 is 0 Å². The third-order valence-electron chi connectivity index (χ3n) is 6.69. The molecule has 1 aliphatic rings. The minimum absolute atomic E-state index is 0.301. The van der Waals surface area contributed by atoms with Gasteiger partial charge < -0.3 is 10.2 Å². The van der Waals surface area contributed by atoms with Gasteiger partial charge in [-0.15, -0.1) is 0 Å². The van der Waals surface area contributed by atoms with Crippen LogP contribution < -0.4 is 10.2 Å². The molecule has 2 heterocycles. The summed E-state index contributed by atoms with van der Waals surface area (Å²) < 4.78 is 27.8. The molecule has 182 valence electrons. The van der Waals surface area contributed by atoms with E-state index in [1.165, 1.54) is 9.54 Å². The van der Waals surface area contributed by atoms with Crippen LogP contribution in [0.25, 0.3) is 10.9 Å². The number of anilines is 1. The number of rotatable bonds is 9. The predicted molar refractivity (Wildman–Crippen MR) is 142 cm³/mol. The van der Waals surface area contributed by atoms with Crippen molar-refractivity contribution in [3.8, 4) is 0 Å². The fraction of sp³-hybridized carbons (Fsp3) is 0.286. The molecule has 1 aliphatic heterocycles. The van der Waals surface area contributed by atoms with Gasteiger partial charge in [-0.2, -0.15) is 0 Å². The molecule has 1 fully saturated rings. The van der Waals surface area contributed by atoms with Gasteiger partial charge in [-0.25, -0.2) is 12.4 Å². The Morgan fingerprint density at radius 1 is 0.771 bits per heavy atom. The average Bonchev–Trinajstić information content (AvgIpc) is 3.35. The summed E-state index contributed by atoms with van der Waals surface area (Å²) in [6.45, 7) is 6.91. The first-order valence-corrected chi connectivity index (χ1v) is 13.7. The van der Waals surface area contributed by atoms with Crippen molar-refractivity contribution in [1.29, 1.82) is 0 Å². The Morgan fingerprint density at radius 2 is 1.49 bits per heavy atom. The molecule has 0 atom stereocenters. The minimum atomic E-state index is -3.63. The zero-order valence-electron chi connectivity index (χ0n) is 19.9. The molecule has 4 aromatic rings. The van der Waals surface area contributed by atoms with Crippen LogP contribution in [0.15, 0.2) is 96.0 Å². The van der Waals surface area contributed by atoms with E-state index in [0.29, 0.717) is 4.90 Å². The molecule has 3 aromatic carbocycles. The largest absolute Gasteiger partial charge is 0.368 e. The Bertz CT molecular complexity index is 1350. The van der Waals surface area contributed by atoms with Gasteiger partial charge in [0.1, 0.15) is 0 Å². The molecule has 0 bridgehead atoms. The Balaban J connectivity index is 1.18. The molecule has 1 aromatic heterocycles. The molecule has 0 spiro atoms. The summed E-state index contributed by atoms with van der Waals surface area (Å²) in [4.78, 5) is 5.20. The van der Waals surface area contributed by atoms with E-state index in [1.807, 2.05) is 30.3 Å². The maximum absolute atomic E-state index is 13.2. The molecule has 0 saturated carbocycles. The molecule has 0 amide bonds. The number of nitrogens with one attached hydrogen (secondary N) is 1. The number of hydrogen-bond acceptors (Lipinski definition) is 5. The van der Waals surface area contributed by atoms with Crippen molar-refractivity contribution in [3.63, 3.8) is 0 Å². The SMILES string of the molecule is O=S(=O)(c1ccccc1)n1ccc2c(N3CCN(CCCNCc4ccccc4)CC3)cccc21. The standard InChI is InChI=1S/C28H32N4O2S/c33-35(34,25-11-5-2-6-12-25)32-18-15-26-27(13-7-14-28(26)32)31-21-19-30(20-22-31)17-8-16-29-23-24-9-3-1-4-10-24/h1-7,9-15,18,29H,8,16-17,19-23H2. The summed E-state index contributed by atoms with van der Waals surface area (Å²) in [5, 5.41) is 4.51. The van der Waals surface area contributed by atoms with Crippen LogP contribution in [0.2, 0.25) is 0 Å². The van der Waals surface area contributed by atoms with Crippen molar-refractivity contribution >= 4 is 26.6 Å². The summed E-state index contributed by atoms with van der Waals surface area (Å²) in [7, 11) is -3.63. The first-order valence-electron chi connectivity index (χ1n) is 12.3. The van der Waals surface area contributed by atoms with Gasteiger partial charge in [-0.05, 0) is 55.4 Å². The predicted octanol–water partition coefficient (Wildman–Crippen LogP) is 4.18. The van der Waals surface area contributed by atoms with Gasteiger partial charge in [0, 0.05) is 50.0 Å². The lowest BCUT2D eigenvalue weighted by molar-refractivity contribution is 0.254. The van der Waals surface area contributed by atoms with Crippen LogP contribution >= 0.6 is 0 Å². The highest BCUT2D eigenvalue weighted by atomic mass is 32.2. The van der Waals surface area contributed by atoms with Gasteiger partial charge in [-0.1, -0.05) is 54.6 Å². The molecule has 1 N–H and O–H groups in total. The van der Waals surface area contributed by atoms with Crippen molar-refractivity contribution in [2.75, 3.05) is 44.2 Å². The fourth-order valence-corrected chi connectivity index (χ4v) is 6.15. The monoisotopic (exact) mass is 488 g/mol. The van der Waals surface area contributed by atoms with Gasteiger partial charge in [0.05, 0.1) is 10.4 Å². The van der Waals surface area contributed by atoms with Gasteiger partial charge in [0.15, 0.2) is 0 Å². The third-order valence-corrected chi connectivity index (χ3v) is 8.39. The van der Waals surface area contributed by atoms with Gasteiger partial charge in [0.25, 0.3) is 10.0 Å². The molecule has 0 aliphatic carbocycles. The maximum Gasteiger partial charge on any atom is 0.268 e. The lowest BCUT2D eigenvalue weighted by Gasteiger charge is -2.36. The number of piperazine rings is 1. The second kappa shape index (κ2) is 10.6. The highest BCUT2D eigenvalue weighted by Crippen LogP contribution is 2.30. The van der Waals surface area contributed by atoms with Crippen LogP contribution in [0, 0.1) is 0 Å². The van der Waals surface area contributed by atoms with Gasteiger partial charge in [0.2, 0.25) is 0 Å². The van der Waals surface area contributed by atoms with E-state index >= 15 is 0 Å². The zero-order valence-corrected chi connectivity index (χ0v) is 20.7. The number of hydrogen-bond donors (Lipinski definition) is 1. The maximum atomic E-state index is 13.2. The highest BCUT2D eigenvalue weighted by molar-refractivity contribution is 7.90. The van der Waals surface area contributed by atoms with E-state index in [9.17, 15) is 8.42 Å². The second-order valence-electron chi connectivity index (χ2n) is 8.98. The average molecular weight is 489 g/mol. The quantitative estimate of drug-likeness (QED) is 0.358. The second-order valence-corrected chi connectivity index (χ2v) is 10.8. The number of fused-ring (bicyclic) bond motifs is 1. The number of aromatic nitrogens is 1. The first-order chi connectivity index (χ1) is 17.1. The van der Waals surface area contributed by atoms with E-state index in [-0.39, 0.29) is 0 Å². The summed E-state index contributed by atoms with van der Waals surface area (Å²) in [5.41, 5.74) is 3.15. The summed E-state index contributed by atoms with van der Waals surface area (Å²) in [6.07, 6.45) is 2.80. The Kier molecular flexibility index (Phi) is 7.18. The van der Waals surface area contributed by atoms with Gasteiger partial charge in [-0.3, -0.25) is 4.90 Å². The van der Waals surface area contributed by atoms with Crippen LogP contribution in [0.3, 0.4) is 0 Å². The third kappa shape index (κ3) is 5.27. The van der Waals surface area contributed by atoms with Crippen molar-refractivity contribution in [1.82, 2.24) is 14.2 Å². The highest BCUT2D eigenvalue weighted by Gasteiger charge is 2.22. The van der Waals surface area contributed by atoms with E-state index in [1.54, 1.807) is 30.5 Å².